The molecular weight excluding hydrogens is 238 g/mol. The van der Waals surface area contributed by atoms with Crippen molar-refractivity contribution in [2.75, 3.05) is 20.6 Å². The molecule has 3 N–H and O–H groups in total. The van der Waals surface area contributed by atoms with Crippen LogP contribution in [-0.4, -0.2) is 54.6 Å². The Balaban J connectivity index is 3.81. The Hall–Kier alpha value is -1.63. The third-order valence-corrected chi connectivity index (χ3v) is 2.21. The predicted molar refractivity (Wildman–Crippen MR) is 66.2 cm³/mol. The minimum absolute atomic E-state index is 0.0559. The van der Waals surface area contributed by atoms with Crippen LogP contribution in [-0.2, 0) is 9.59 Å². The van der Waals surface area contributed by atoms with Gasteiger partial charge in [-0.3, -0.25) is 14.9 Å². The first-order valence-electron chi connectivity index (χ1n) is 5.78. The molecule has 1 atom stereocenters. The number of carbonyl (C=O) groups is 3. The van der Waals surface area contributed by atoms with Crippen molar-refractivity contribution in [2.24, 2.45) is 0 Å². The van der Waals surface area contributed by atoms with E-state index in [1.54, 1.807) is 0 Å². The first-order chi connectivity index (χ1) is 8.31. The highest BCUT2D eigenvalue weighted by molar-refractivity contribution is 5.95. The number of hydrogen-bond acceptors (Lipinski definition) is 4. The van der Waals surface area contributed by atoms with Crippen molar-refractivity contribution >= 4 is 17.9 Å². The molecule has 0 fully saturated rings. The Bertz CT molecular complexity index is 305. The van der Waals surface area contributed by atoms with Gasteiger partial charge < -0.3 is 15.3 Å². The number of urea groups is 1. The Kier molecular flexibility index (Phi) is 7.69. The number of carboxylic acid groups (broad SMARTS) is 1. The van der Waals surface area contributed by atoms with Gasteiger partial charge in [0.15, 0.2) is 0 Å². The summed E-state index contributed by atoms with van der Waals surface area (Å²) in [4.78, 5) is 34.7. The molecule has 18 heavy (non-hydrogen) atoms. The van der Waals surface area contributed by atoms with E-state index in [4.69, 9.17) is 5.11 Å². The van der Waals surface area contributed by atoms with Gasteiger partial charge in [0.2, 0.25) is 5.91 Å². The standard InChI is InChI=1S/C11H21N3O4/c1-8(6-7-14(2)3)12-11(18)13-9(15)4-5-10(16)17/h8H,4-7H2,1-3H3,(H,16,17)(H2,12,13,15,18). The topological polar surface area (TPSA) is 98.7 Å². The van der Waals surface area contributed by atoms with Gasteiger partial charge in [-0.2, -0.15) is 0 Å². The van der Waals surface area contributed by atoms with Crippen LogP contribution in [0.15, 0.2) is 0 Å². The van der Waals surface area contributed by atoms with Crippen molar-refractivity contribution in [1.29, 1.82) is 0 Å². The van der Waals surface area contributed by atoms with Gasteiger partial charge in [0, 0.05) is 12.5 Å². The van der Waals surface area contributed by atoms with Gasteiger partial charge in [-0.05, 0) is 34.0 Å². The number of hydrogen-bond donors (Lipinski definition) is 3. The Morgan fingerprint density at radius 1 is 1.22 bits per heavy atom. The van der Waals surface area contributed by atoms with E-state index in [9.17, 15) is 14.4 Å². The summed E-state index contributed by atoms with van der Waals surface area (Å²) in [6.07, 6.45) is 0.286. The molecule has 7 heteroatoms. The van der Waals surface area contributed by atoms with Gasteiger partial charge in [-0.25, -0.2) is 4.79 Å². The van der Waals surface area contributed by atoms with E-state index >= 15 is 0 Å². The maximum atomic E-state index is 11.3. The van der Waals surface area contributed by atoms with Crippen molar-refractivity contribution in [3.63, 3.8) is 0 Å². The molecule has 1 unspecified atom stereocenters. The van der Waals surface area contributed by atoms with Crippen molar-refractivity contribution in [2.45, 2.75) is 32.2 Å². The van der Waals surface area contributed by atoms with Crippen LogP contribution < -0.4 is 10.6 Å². The molecule has 0 bridgehead atoms. The minimum atomic E-state index is -1.06. The summed E-state index contributed by atoms with van der Waals surface area (Å²) in [6.45, 7) is 2.67. The van der Waals surface area contributed by atoms with Crippen molar-refractivity contribution in [3.05, 3.63) is 0 Å². The second-order valence-corrected chi connectivity index (χ2v) is 4.41. The molecule has 3 amide bonds. The monoisotopic (exact) mass is 259 g/mol. The number of carbonyl (C=O) groups excluding carboxylic acids is 2. The number of imide groups is 1. The van der Waals surface area contributed by atoms with Crippen LogP contribution in [0.25, 0.3) is 0 Å². The van der Waals surface area contributed by atoms with Crippen molar-refractivity contribution in [3.8, 4) is 0 Å². The third kappa shape index (κ3) is 9.59. The smallest absolute Gasteiger partial charge is 0.321 e. The predicted octanol–water partition coefficient (Wildman–Crippen LogP) is 0.0172. The maximum absolute atomic E-state index is 11.3. The molecule has 0 aliphatic rings. The van der Waals surface area contributed by atoms with Gasteiger partial charge in [-0.1, -0.05) is 0 Å². The van der Waals surface area contributed by atoms with E-state index in [2.05, 4.69) is 10.6 Å². The quantitative estimate of drug-likeness (QED) is 0.598. The first kappa shape index (κ1) is 16.4. The van der Waals surface area contributed by atoms with Crippen molar-refractivity contribution in [1.82, 2.24) is 15.5 Å². The Morgan fingerprint density at radius 3 is 2.33 bits per heavy atom. The molecule has 0 saturated carbocycles. The van der Waals surface area contributed by atoms with Gasteiger partial charge >= 0.3 is 12.0 Å². The molecule has 0 aliphatic heterocycles. The molecule has 0 saturated heterocycles. The van der Waals surface area contributed by atoms with E-state index in [0.29, 0.717) is 0 Å². The van der Waals surface area contributed by atoms with Crippen molar-refractivity contribution < 1.29 is 19.5 Å². The van der Waals surface area contributed by atoms with Crippen LogP contribution in [0.1, 0.15) is 26.2 Å². The Labute approximate surface area is 107 Å². The van der Waals surface area contributed by atoms with E-state index in [0.717, 1.165) is 13.0 Å². The number of nitrogens with zero attached hydrogens (tertiary/aromatic N) is 1. The summed E-state index contributed by atoms with van der Waals surface area (Å²) in [5.41, 5.74) is 0. The average Bonchev–Trinajstić information content (AvgIpc) is 2.23. The van der Waals surface area contributed by atoms with Crippen LogP contribution in [0.5, 0.6) is 0 Å². The lowest BCUT2D eigenvalue weighted by Crippen LogP contribution is -2.44. The zero-order chi connectivity index (χ0) is 14.1. The number of carboxylic acids is 1. The summed E-state index contributed by atoms with van der Waals surface area (Å²) in [5.74, 6) is -1.65. The fourth-order valence-electron chi connectivity index (χ4n) is 1.19. The SMILES string of the molecule is CC(CCN(C)C)NC(=O)NC(=O)CCC(=O)O. The molecular formula is C11H21N3O4. The number of aliphatic carboxylic acids is 1. The molecule has 7 nitrogen and oxygen atoms in total. The van der Waals surface area contributed by atoms with Crippen LogP contribution in [0.4, 0.5) is 4.79 Å². The van der Waals surface area contributed by atoms with Gasteiger partial charge in [-0.15, -0.1) is 0 Å². The first-order valence-corrected chi connectivity index (χ1v) is 5.78. The normalized spacial score (nSPS) is 12.0. The van der Waals surface area contributed by atoms with Crippen LogP contribution in [0.3, 0.4) is 0 Å². The minimum Gasteiger partial charge on any atom is -0.481 e. The highest BCUT2D eigenvalue weighted by Crippen LogP contribution is 1.93. The summed E-state index contributed by atoms with van der Waals surface area (Å²) in [5, 5.41) is 13.1. The number of amides is 3. The lowest BCUT2D eigenvalue weighted by atomic mass is 10.2. The fourth-order valence-corrected chi connectivity index (χ4v) is 1.19. The molecule has 0 aromatic heterocycles. The number of rotatable bonds is 7. The maximum Gasteiger partial charge on any atom is 0.321 e. The second-order valence-electron chi connectivity index (χ2n) is 4.41. The molecule has 0 aromatic rings. The van der Waals surface area contributed by atoms with E-state index in [1.165, 1.54) is 0 Å². The molecule has 0 radical (unpaired) electrons. The zero-order valence-corrected chi connectivity index (χ0v) is 11.0. The zero-order valence-electron chi connectivity index (χ0n) is 11.0. The molecule has 104 valence electrons. The summed E-state index contributed by atoms with van der Waals surface area (Å²) in [7, 11) is 3.87. The van der Waals surface area contributed by atoms with E-state index < -0.39 is 17.9 Å². The van der Waals surface area contributed by atoms with Crippen LogP contribution in [0, 0.1) is 0 Å². The number of nitrogens with one attached hydrogen (secondary N) is 2. The largest absolute Gasteiger partial charge is 0.481 e. The van der Waals surface area contributed by atoms with E-state index in [-0.39, 0.29) is 18.9 Å². The average molecular weight is 259 g/mol. The van der Waals surface area contributed by atoms with E-state index in [1.807, 2.05) is 25.9 Å². The second kappa shape index (κ2) is 8.46. The molecule has 0 heterocycles. The van der Waals surface area contributed by atoms with Crippen LogP contribution in [0.2, 0.25) is 0 Å². The lowest BCUT2D eigenvalue weighted by molar-refractivity contribution is -0.138. The molecule has 0 aromatic carbocycles. The lowest BCUT2D eigenvalue weighted by Gasteiger charge is -2.16. The summed E-state index contributed by atoms with van der Waals surface area (Å²) >= 11 is 0. The highest BCUT2D eigenvalue weighted by atomic mass is 16.4. The summed E-state index contributed by atoms with van der Waals surface area (Å²) < 4.78 is 0. The summed E-state index contributed by atoms with van der Waals surface area (Å²) in [6, 6.07) is -0.642. The Morgan fingerprint density at radius 2 is 1.83 bits per heavy atom. The van der Waals surface area contributed by atoms with Gasteiger partial charge in [0.1, 0.15) is 0 Å². The molecule has 0 aliphatic carbocycles. The molecule has 0 spiro atoms. The van der Waals surface area contributed by atoms with Gasteiger partial charge in [0.25, 0.3) is 0 Å². The third-order valence-electron chi connectivity index (χ3n) is 2.21. The highest BCUT2D eigenvalue weighted by Gasteiger charge is 2.11. The molecule has 0 rings (SSSR count). The van der Waals surface area contributed by atoms with Gasteiger partial charge in [0.05, 0.1) is 6.42 Å². The fraction of sp³-hybridized carbons (Fsp3) is 0.727. The van der Waals surface area contributed by atoms with Crippen LogP contribution >= 0.6 is 0 Å².